The van der Waals surface area contributed by atoms with E-state index in [0.717, 1.165) is 5.56 Å². The molecular formula is C10H10N2O2. The molecule has 0 saturated carbocycles. The van der Waals surface area contributed by atoms with Gasteiger partial charge in [0.2, 0.25) is 6.54 Å². The van der Waals surface area contributed by atoms with Gasteiger partial charge in [-0.2, -0.15) is 0 Å². The number of carbonyl (C=O) groups is 1. The van der Waals surface area contributed by atoms with Crippen LogP contribution in [0.3, 0.4) is 0 Å². The number of amides is 1. The van der Waals surface area contributed by atoms with Crippen molar-refractivity contribution in [3.05, 3.63) is 41.2 Å². The number of hydrogen-bond donors (Lipinski definition) is 1. The van der Waals surface area contributed by atoms with Gasteiger partial charge in [-0.3, -0.25) is 5.32 Å². The van der Waals surface area contributed by atoms with Gasteiger partial charge in [0.15, 0.2) is 0 Å². The van der Waals surface area contributed by atoms with Gasteiger partial charge in [0.1, 0.15) is 0 Å². The van der Waals surface area contributed by atoms with E-state index < -0.39 is 6.09 Å². The van der Waals surface area contributed by atoms with Crippen LogP contribution in [0.15, 0.2) is 24.3 Å². The summed E-state index contributed by atoms with van der Waals surface area (Å²) < 4.78 is 4.43. The van der Waals surface area contributed by atoms with Crippen LogP contribution in [0.25, 0.3) is 4.85 Å². The van der Waals surface area contributed by atoms with Crippen LogP contribution in [-0.4, -0.2) is 13.2 Å². The number of carbonyl (C=O) groups excluding carboxylic acids is 1. The maximum absolute atomic E-state index is 10.8. The first kappa shape index (κ1) is 10.1. The lowest BCUT2D eigenvalue weighted by molar-refractivity contribution is 0.187. The topological polar surface area (TPSA) is 42.7 Å². The largest absolute Gasteiger partial charge is 0.453 e. The summed E-state index contributed by atoms with van der Waals surface area (Å²) in [6, 6.07) is 7.06. The molecule has 72 valence electrons. The van der Waals surface area contributed by atoms with Crippen molar-refractivity contribution in [1.29, 1.82) is 0 Å². The molecule has 14 heavy (non-hydrogen) atoms. The molecule has 0 saturated heterocycles. The van der Waals surface area contributed by atoms with Crippen molar-refractivity contribution in [2.75, 3.05) is 12.4 Å². The molecule has 0 unspecified atom stereocenters. The number of ether oxygens (including phenoxy) is 1. The second kappa shape index (κ2) is 4.87. The molecule has 4 nitrogen and oxygen atoms in total. The number of methoxy groups -OCH3 is 1. The Morgan fingerprint density at radius 3 is 2.64 bits per heavy atom. The van der Waals surface area contributed by atoms with Crippen molar-refractivity contribution in [3.8, 4) is 0 Å². The Morgan fingerprint density at radius 1 is 1.50 bits per heavy atom. The van der Waals surface area contributed by atoms with Gasteiger partial charge in [0, 0.05) is 11.3 Å². The highest BCUT2D eigenvalue weighted by Crippen LogP contribution is 2.10. The van der Waals surface area contributed by atoms with Crippen LogP contribution in [0.1, 0.15) is 5.56 Å². The molecule has 4 heteroatoms. The van der Waals surface area contributed by atoms with E-state index in [9.17, 15) is 4.79 Å². The van der Waals surface area contributed by atoms with Gasteiger partial charge in [-0.25, -0.2) is 11.4 Å². The average Bonchev–Trinajstić information content (AvgIpc) is 2.21. The molecule has 1 amide bonds. The van der Waals surface area contributed by atoms with Gasteiger partial charge >= 0.3 is 6.09 Å². The molecule has 0 aliphatic carbocycles. The van der Waals surface area contributed by atoms with E-state index in [1.165, 1.54) is 7.11 Å². The predicted octanol–water partition coefficient (Wildman–Crippen LogP) is 2.28. The van der Waals surface area contributed by atoms with Crippen LogP contribution in [0, 0.1) is 6.57 Å². The molecule has 1 rings (SSSR count). The molecular weight excluding hydrogens is 180 g/mol. The van der Waals surface area contributed by atoms with Crippen LogP contribution in [0.5, 0.6) is 0 Å². The third kappa shape index (κ3) is 2.79. The second-order valence-corrected chi connectivity index (χ2v) is 2.63. The van der Waals surface area contributed by atoms with E-state index in [0.29, 0.717) is 12.2 Å². The van der Waals surface area contributed by atoms with E-state index in [-0.39, 0.29) is 0 Å². The summed E-state index contributed by atoms with van der Waals surface area (Å²) in [5, 5.41) is 2.52. The number of anilines is 1. The van der Waals surface area contributed by atoms with E-state index in [2.05, 4.69) is 14.9 Å². The first-order valence-corrected chi connectivity index (χ1v) is 4.03. The van der Waals surface area contributed by atoms with E-state index >= 15 is 0 Å². The van der Waals surface area contributed by atoms with Crippen molar-refractivity contribution in [1.82, 2.24) is 0 Å². The van der Waals surface area contributed by atoms with Gasteiger partial charge in [-0.15, -0.1) is 0 Å². The minimum atomic E-state index is -0.497. The fraction of sp³-hybridized carbons (Fsp3) is 0.200. The third-order valence-electron chi connectivity index (χ3n) is 1.65. The zero-order chi connectivity index (χ0) is 10.4. The zero-order valence-electron chi connectivity index (χ0n) is 7.78. The summed E-state index contributed by atoms with van der Waals surface area (Å²) >= 11 is 0. The number of nitrogens with one attached hydrogen (secondary N) is 1. The molecule has 0 spiro atoms. The number of rotatable bonds is 2. The monoisotopic (exact) mass is 190 g/mol. The Labute approximate surface area is 82.3 Å². The lowest BCUT2D eigenvalue weighted by Crippen LogP contribution is -2.10. The molecule has 0 aliphatic heterocycles. The first-order valence-electron chi connectivity index (χ1n) is 4.03. The maximum atomic E-state index is 10.8. The lowest BCUT2D eigenvalue weighted by Gasteiger charge is -2.02. The molecule has 0 heterocycles. The summed E-state index contributed by atoms with van der Waals surface area (Å²) in [6.07, 6.45) is -0.497. The van der Waals surface area contributed by atoms with E-state index in [1.807, 2.05) is 0 Å². The van der Waals surface area contributed by atoms with Crippen molar-refractivity contribution < 1.29 is 9.53 Å². The molecule has 1 N–H and O–H groups in total. The van der Waals surface area contributed by atoms with Crippen LogP contribution in [-0.2, 0) is 11.3 Å². The second-order valence-electron chi connectivity index (χ2n) is 2.63. The highest BCUT2D eigenvalue weighted by molar-refractivity contribution is 5.84. The fourth-order valence-corrected chi connectivity index (χ4v) is 0.954. The molecule has 0 aliphatic rings. The minimum Gasteiger partial charge on any atom is -0.453 e. The molecule has 1 aromatic carbocycles. The molecule has 0 aromatic heterocycles. The van der Waals surface area contributed by atoms with Crippen LogP contribution >= 0.6 is 0 Å². The van der Waals surface area contributed by atoms with Gasteiger partial charge < -0.3 is 9.58 Å². The summed E-state index contributed by atoms with van der Waals surface area (Å²) in [4.78, 5) is 14.1. The Balaban J connectivity index is 2.65. The number of benzene rings is 1. The molecule has 0 radical (unpaired) electrons. The predicted molar refractivity (Wildman–Crippen MR) is 52.8 cm³/mol. The Kier molecular flexibility index (Phi) is 3.50. The Bertz CT molecular complexity index is 351. The average molecular weight is 190 g/mol. The van der Waals surface area contributed by atoms with Crippen LogP contribution in [0.2, 0.25) is 0 Å². The van der Waals surface area contributed by atoms with Gasteiger partial charge in [0.25, 0.3) is 0 Å². The zero-order valence-corrected chi connectivity index (χ0v) is 7.78. The maximum Gasteiger partial charge on any atom is 0.411 e. The number of hydrogen-bond acceptors (Lipinski definition) is 2. The van der Waals surface area contributed by atoms with Crippen LogP contribution < -0.4 is 5.32 Å². The van der Waals surface area contributed by atoms with E-state index in [1.54, 1.807) is 24.3 Å². The smallest absolute Gasteiger partial charge is 0.411 e. The Morgan fingerprint density at radius 2 is 2.14 bits per heavy atom. The number of nitrogens with zero attached hydrogens (tertiary/aromatic N) is 1. The Hall–Kier alpha value is -2.02. The highest BCUT2D eigenvalue weighted by Gasteiger charge is 2.00. The summed E-state index contributed by atoms with van der Waals surface area (Å²) in [5.74, 6) is 0. The highest BCUT2D eigenvalue weighted by atomic mass is 16.5. The normalized spacial score (nSPS) is 8.86. The SMILES string of the molecule is [C-]#[N+]Cc1ccc(NC(=O)OC)cc1. The van der Waals surface area contributed by atoms with Crippen molar-refractivity contribution in [2.45, 2.75) is 6.54 Å². The van der Waals surface area contributed by atoms with E-state index in [4.69, 9.17) is 6.57 Å². The van der Waals surface area contributed by atoms with Crippen molar-refractivity contribution in [2.24, 2.45) is 0 Å². The summed E-state index contributed by atoms with van der Waals surface area (Å²) in [5.41, 5.74) is 1.58. The van der Waals surface area contributed by atoms with Gasteiger partial charge in [-0.05, 0) is 24.3 Å². The van der Waals surface area contributed by atoms with Gasteiger partial charge in [0.05, 0.1) is 7.11 Å². The standard InChI is InChI=1S/C10H10N2O2/c1-11-7-8-3-5-9(6-4-8)12-10(13)14-2/h3-6H,7H2,2H3,(H,12,13). The molecule has 0 fully saturated rings. The fourth-order valence-electron chi connectivity index (χ4n) is 0.954. The van der Waals surface area contributed by atoms with Crippen molar-refractivity contribution in [3.63, 3.8) is 0 Å². The van der Waals surface area contributed by atoms with Crippen molar-refractivity contribution >= 4 is 11.8 Å². The summed E-state index contributed by atoms with van der Waals surface area (Å²) in [7, 11) is 1.31. The lowest BCUT2D eigenvalue weighted by atomic mass is 10.2. The minimum absolute atomic E-state index is 0.360. The molecule has 0 atom stereocenters. The van der Waals surface area contributed by atoms with Gasteiger partial charge in [-0.1, -0.05) is 0 Å². The summed E-state index contributed by atoms with van der Waals surface area (Å²) in [6.45, 7) is 7.03. The third-order valence-corrected chi connectivity index (χ3v) is 1.65. The quantitative estimate of drug-likeness (QED) is 0.727. The first-order chi connectivity index (χ1) is 6.76. The van der Waals surface area contributed by atoms with Crippen LogP contribution in [0.4, 0.5) is 10.5 Å². The molecule has 1 aromatic rings. The molecule has 0 bridgehead atoms.